The summed E-state index contributed by atoms with van der Waals surface area (Å²) in [6.07, 6.45) is -3.49. The van der Waals surface area contributed by atoms with Crippen LogP contribution in [0.3, 0.4) is 0 Å². The zero-order valence-corrected chi connectivity index (χ0v) is 14.4. The number of rotatable bonds is 5. The molecule has 1 aliphatic rings. The van der Waals surface area contributed by atoms with Gasteiger partial charge < -0.3 is 20.7 Å². The molecule has 1 saturated heterocycles. The van der Waals surface area contributed by atoms with E-state index in [-0.39, 0.29) is 30.2 Å². The van der Waals surface area contributed by atoms with Gasteiger partial charge in [0.15, 0.2) is 0 Å². The molecular weight excluding hydrogens is 351 g/mol. The normalized spacial score (nSPS) is 16.8. The highest BCUT2D eigenvalue weighted by atomic mass is 19.4. The molecule has 1 aliphatic heterocycles. The molecule has 3 N–H and O–H groups in total. The molecule has 1 atom stereocenters. The maximum absolute atomic E-state index is 12.9. The van der Waals surface area contributed by atoms with Crippen LogP contribution in [0, 0.1) is 5.92 Å². The summed E-state index contributed by atoms with van der Waals surface area (Å²) in [5, 5.41) is 2.69. The average Bonchev–Trinajstić information content (AvgIpc) is 2.59. The highest BCUT2D eigenvalue weighted by Gasteiger charge is 2.34. The Morgan fingerprint density at radius 2 is 1.92 bits per heavy atom. The molecule has 2 rings (SSSR count). The molecule has 144 valence electrons. The Kier molecular flexibility index (Phi) is 6.33. The van der Waals surface area contributed by atoms with Crippen molar-refractivity contribution in [1.29, 1.82) is 0 Å². The van der Waals surface area contributed by atoms with E-state index in [1.165, 1.54) is 18.2 Å². The van der Waals surface area contributed by atoms with Crippen LogP contribution in [0.4, 0.5) is 18.0 Å². The summed E-state index contributed by atoms with van der Waals surface area (Å²) >= 11 is 0. The number of urea groups is 1. The minimum Gasteiger partial charge on any atom is -0.491 e. The number of primary amides is 1. The average molecular weight is 373 g/mol. The molecule has 1 aromatic carbocycles. The lowest BCUT2D eigenvalue weighted by Crippen LogP contribution is -2.49. The van der Waals surface area contributed by atoms with E-state index in [0.29, 0.717) is 25.9 Å². The molecule has 6 nitrogen and oxygen atoms in total. The maximum Gasteiger partial charge on any atom is 0.419 e. The van der Waals surface area contributed by atoms with E-state index >= 15 is 0 Å². The molecule has 9 heteroatoms. The number of likely N-dealkylation sites (tertiary alicyclic amines) is 1. The third-order valence-corrected chi connectivity index (χ3v) is 4.24. The standard InChI is InChI=1S/C17H22F3N3O3/c1-11(10-26-14-5-3-2-4-13(14)17(18,19)20)22-16(25)23-8-6-12(7-9-23)15(21)24/h2-5,11-12H,6-10H2,1H3,(H2,21,24)(H,22,25)/t11-/m1/s1. The molecular formula is C17H22F3N3O3. The Balaban J connectivity index is 1.83. The van der Waals surface area contributed by atoms with Gasteiger partial charge >= 0.3 is 12.2 Å². The number of alkyl halides is 3. The molecule has 1 aromatic rings. The van der Waals surface area contributed by atoms with Gasteiger partial charge in [-0.3, -0.25) is 4.79 Å². The summed E-state index contributed by atoms with van der Waals surface area (Å²) in [5.41, 5.74) is 4.40. The minimum atomic E-state index is -4.51. The van der Waals surface area contributed by atoms with Crippen molar-refractivity contribution in [2.75, 3.05) is 19.7 Å². The van der Waals surface area contributed by atoms with Crippen molar-refractivity contribution < 1.29 is 27.5 Å². The predicted molar refractivity (Wildman–Crippen MR) is 88.4 cm³/mol. The first-order valence-corrected chi connectivity index (χ1v) is 8.32. The van der Waals surface area contributed by atoms with Crippen LogP contribution in [0.2, 0.25) is 0 Å². The van der Waals surface area contributed by atoms with E-state index in [1.807, 2.05) is 0 Å². The van der Waals surface area contributed by atoms with Gasteiger partial charge in [0.25, 0.3) is 0 Å². The Morgan fingerprint density at radius 1 is 1.31 bits per heavy atom. The molecule has 0 spiro atoms. The van der Waals surface area contributed by atoms with E-state index in [1.54, 1.807) is 11.8 Å². The first-order valence-electron chi connectivity index (χ1n) is 8.32. The van der Waals surface area contributed by atoms with Gasteiger partial charge in [-0.25, -0.2) is 4.79 Å². The lowest BCUT2D eigenvalue weighted by molar-refractivity contribution is -0.139. The number of nitrogens with zero attached hydrogens (tertiary/aromatic N) is 1. The second-order valence-electron chi connectivity index (χ2n) is 6.32. The predicted octanol–water partition coefficient (Wildman–Crippen LogP) is 2.38. The lowest BCUT2D eigenvalue weighted by Gasteiger charge is -2.31. The molecule has 0 aromatic heterocycles. The first-order chi connectivity index (χ1) is 12.2. The number of benzene rings is 1. The highest BCUT2D eigenvalue weighted by Crippen LogP contribution is 2.35. The quantitative estimate of drug-likeness (QED) is 0.831. The monoisotopic (exact) mass is 373 g/mol. The van der Waals surface area contributed by atoms with Gasteiger partial charge in [-0.05, 0) is 31.9 Å². The van der Waals surface area contributed by atoms with Crippen LogP contribution < -0.4 is 15.8 Å². The van der Waals surface area contributed by atoms with Crippen molar-refractivity contribution in [2.24, 2.45) is 11.7 Å². The van der Waals surface area contributed by atoms with Crippen LogP contribution in [0.25, 0.3) is 0 Å². The molecule has 0 unspecified atom stereocenters. The van der Waals surface area contributed by atoms with Crippen molar-refractivity contribution >= 4 is 11.9 Å². The van der Waals surface area contributed by atoms with E-state index in [9.17, 15) is 22.8 Å². The molecule has 3 amide bonds. The zero-order chi connectivity index (χ0) is 19.3. The Hall–Kier alpha value is -2.45. The SMILES string of the molecule is C[C@H](COc1ccccc1C(F)(F)F)NC(=O)N1CCC(C(N)=O)CC1. The van der Waals surface area contributed by atoms with E-state index < -0.39 is 17.8 Å². The molecule has 0 bridgehead atoms. The second kappa shape index (κ2) is 8.29. The van der Waals surface area contributed by atoms with Crippen LogP contribution >= 0.6 is 0 Å². The fourth-order valence-electron chi connectivity index (χ4n) is 2.75. The number of halogens is 3. The van der Waals surface area contributed by atoms with Crippen molar-refractivity contribution in [1.82, 2.24) is 10.2 Å². The molecule has 0 radical (unpaired) electrons. The molecule has 1 heterocycles. The van der Waals surface area contributed by atoms with Gasteiger partial charge in [0.05, 0.1) is 11.6 Å². The van der Waals surface area contributed by atoms with Crippen LogP contribution in [0.1, 0.15) is 25.3 Å². The van der Waals surface area contributed by atoms with Gasteiger partial charge in [0.1, 0.15) is 12.4 Å². The van der Waals surface area contributed by atoms with Crippen LogP contribution in [-0.4, -0.2) is 42.6 Å². The Labute approximate surface area is 149 Å². The van der Waals surface area contributed by atoms with Crippen molar-refractivity contribution in [3.63, 3.8) is 0 Å². The third kappa shape index (κ3) is 5.27. The highest BCUT2D eigenvalue weighted by molar-refractivity contribution is 5.78. The van der Waals surface area contributed by atoms with Gasteiger partial charge in [-0.2, -0.15) is 13.2 Å². The number of carbonyl (C=O) groups excluding carboxylic acids is 2. The summed E-state index contributed by atoms with van der Waals surface area (Å²) in [6.45, 7) is 2.36. The number of nitrogens with one attached hydrogen (secondary N) is 1. The van der Waals surface area contributed by atoms with Crippen LogP contribution in [0.5, 0.6) is 5.75 Å². The van der Waals surface area contributed by atoms with E-state index in [4.69, 9.17) is 10.5 Å². The van der Waals surface area contributed by atoms with E-state index in [2.05, 4.69) is 5.32 Å². The van der Waals surface area contributed by atoms with Gasteiger partial charge in [0, 0.05) is 19.0 Å². The number of hydrogen-bond acceptors (Lipinski definition) is 3. The molecule has 26 heavy (non-hydrogen) atoms. The molecule has 1 fully saturated rings. The van der Waals surface area contributed by atoms with Crippen molar-refractivity contribution in [3.05, 3.63) is 29.8 Å². The first kappa shape index (κ1) is 19.9. The number of hydrogen-bond donors (Lipinski definition) is 2. The summed E-state index contributed by atoms with van der Waals surface area (Å²) in [6, 6.07) is 4.10. The maximum atomic E-state index is 12.9. The van der Waals surface area contributed by atoms with E-state index in [0.717, 1.165) is 6.07 Å². The summed E-state index contributed by atoms with van der Waals surface area (Å²) < 4.78 is 44.0. The minimum absolute atomic E-state index is 0.101. The number of para-hydroxylation sites is 1. The fraction of sp³-hybridized carbons (Fsp3) is 0.529. The summed E-state index contributed by atoms with van der Waals surface area (Å²) in [7, 11) is 0. The van der Waals surface area contributed by atoms with Crippen molar-refractivity contribution in [2.45, 2.75) is 32.0 Å². The Bertz CT molecular complexity index is 644. The van der Waals surface area contributed by atoms with Gasteiger partial charge in [-0.15, -0.1) is 0 Å². The number of amides is 3. The topological polar surface area (TPSA) is 84.7 Å². The largest absolute Gasteiger partial charge is 0.491 e. The van der Waals surface area contributed by atoms with Crippen molar-refractivity contribution in [3.8, 4) is 5.75 Å². The van der Waals surface area contributed by atoms with Crippen LogP contribution in [-0.2, 0) is 11.0 Å². The summed E-state index contributed by atoms with van der Waals surface area (Å²) in [5.74, 6) is -0.864. The molecule has 0 aliphatic carbocycles. The second-order valence-corrected chi connectivity index (χ2v) is 6.32. The third-order valence-electron chi connectivity index (χ3n) is 4.24. The van der Waals surface area contributed by atoms with Gasteiger partial charge in [0.2, 0.25) is 5.91 Å². The van der Waals surface area contributed by atoms with Crippen LogP contribution in [0.15, 0.2) is 24.3 Å². The Morgan fingerprint density at radius 3 is 2.50 bits per heavy atom. The smallest absolute Gasteiger partial charge is 0.419 e. The number of ether oxygens (including phenoxy) is 1. The number of nitrogens with two attached hydrogens (primary N) is 1. The van der Waals surface area contributed by atoms with Gasteiger partial charge in [-0.1, -0.05) is 12.1 Å². The number of carbonyl (C=O) groups is 2. The fourth-order valence-corrected chi connectivity index (χ4v) is 2.75. The molecule has 0 saturated carbocycles. The number of piperidine rings is 1. The summed E-state index contributed by atoms with van der Waals surface area (Å²) in [4.78, 5) is 24.9. The lowest BCUT2D eigenvalue weighted by atomic mass is 9.96. The zero-order valence-electron chi connectivity index (χ0n) is 14.4.